The van der Waals surface area contributed by atoms with E-state index >= 15 is 0 Å². The molecule has 98 valence electrons. The van der Waals surface area contributed by atoms with E-state index in [1.807, 2.05) is 31.2 Å². The largest absolute Gasteiger partial charge is 0.388 e. The second-order valence-corrected chi connectivity index (χ2v) is 4.71. The Kier molecular flexibility index (Phi) is 5.67. The summed E-state index contributed by atoms with van der Waals surface area (Å²) in [5.41, 5.74) is 2.05. The van der Waals surface area contributed by atoms with Crippen molar-refractivity contribution >= 4 is 5.69 Å². The highest BCUT2D eigenvalue weighted by Crippen LogP contribution is 2.22. The van der Waals surface area contributed by atoms with Crippen molar-refractivity contribution in [3.05, 3.63) is 29.8 Å². The smallest absolute Gasteiger partial charge is 0.0787 e. The molecule has 0 saturated carbocycles. The van der Waals surface area contributed by atoms with Gasteiger partial charge in [-0.3, -0.25) is 0 Å². The van der Waals surface area contributed by atoms with E-state index in [9.17, 15) is 5.11 Å². The number of aliphatic hydroxyl groups is 1. The number of nitrogens with zero attached hydrogens (tertiary/aromatic N) is 2. The number of benzene rings is 1. The molecular weight excluding hydrogens is 224 g/mol. The van der Waals surface area contributed by atoms with E-state index in [1.54, 1.807) is 0 Å². The molecule has 18 heavy (non-hydrogen) atoms. The molecule has 3 heteroatoms. The number of hydrogen-bond acceptors (Lipinski definition) is 3. The zero-order valence-electron chi connectivity index (χ0n) is 11.4. The van der Waals surface area contributed by atoms with Gasteiger partial charge in [-0.1, -0.05) is 19.1 Å². The van der Waals surface area contributed by atoms with Crippen molar-refractivity contribution in [1.82, 2.24) is 0 Å². The third-order valence-corrected chi connectivity index (χ3v) is 3.08. The van der Waals surface area contributed by atoms with Crippen molar-refractivity contribution in [2.24, 2.45) is 0 Å². The molecule has 0 unspecified atom stereocenters. The minimum atomic E-state index is -0.384. The summed E-state index contributed by atoms with van der Waals surface area (Å²) in [5.74, 6) is 0. The Morgan fingerprint density at radius 2 is 1.89 bits per heavy atom. The molecule has 1 aromatic rings. The maximum absolute atomic E-state index is 9.75. The molecule has 1 rings (SSSR count). The lowest BCUT2D eigenvalue weighted by molar-refractivity contribution is 0.173. The first-order chi connectivity index (χ1) is 8.60. The third kappa shape index (κ3) is 3.75. The van der Waals surface area contributed by atoms with Crippen molar-refractivity contribution < 1.29 is 5.11 Å². The predicted molar refractivity (Wildman–Crippen MR) is 74.4 cm³/mol. The molecule has 0 aliphatic heterocycles. The van der Waals surface area contributed by atoms with Gasteiger partial charge in [-0.2, -0.15) is 5.26 Å². The van der Waals surface area contributed by atoms with E-state index in [0.717, 1.165) is 24.2 Å². The topological polar surface area (TPSA) is 47.3 Å². The van der Waals surface area contributed by atoms with E-state index in [-0.39, 0.29) is 6.10 Å². The van der Waals surface area contributed by atoms with Crippen molar-refractivity contribution in [1.29, 1.82) is 5.26 Å². The van der Waals surface area contributed by atoms with Crippen LogP contribution in [-0.4, -0.2) is 17.7 Å². The number of nitriles is 1. The van der Waals surface area contributed by atoms with Crippen LogP contribution in [0.2, 0.25) is 0 Å². The lowest BCUT2D eigenvalue weighted by atomic mass is 10.1. The van der Waals surface area contributed by atoms with E-state index in [1.165, 1.54) is 0 Å². The van der Waals surface area contributed by atoms with Crippen LogP contribution in [0.3, 0.4) is 0 Å². The minimum absolute atomic E-state index is 0.361. The summed E-state index contributed by atoms with van der Waals surface area (Å²) in [6.45, 7) is 6.94. The van der Waals surface area contributed by atoms with Gasteiger partial charge >= 0.3 is 0 Å². The summed E-state index contributed by atoms with van der Waals surface area (Å²) in [7, 11) is 0. The molecule has 1 atom stereocenters. The second-order valence-electron chi connectivity index (χ2n) is 4.71. The van der Waals surface area contributed by atoms with Gasteiger partial charge in [0.1, 0.15) is 0 Å². The fourth-order valence-corrected chi connectivity index (χ4v) is 1.98. The molecule has 0 aliphatic rings. The predicted octanol–water partition coefficient (Wildman–Crippen LogP) is 3.26. The maximum atomic E-state index is 9.75. The second kappa shape index (κ2) is 7.03. The van der Waals surface area contributed by atoms with Crippen molar-refractivity contribution in [2.45, 2.75) is 45.8 Å². The van der Waals surface area contributed by atoms with Crippen LogP contribution >= 0.6 is 0 Å². The fraction of sp³-hybridized carbons (Fsp3) is 0.533. The zero-order valence-corrected chi connectivity index (χ0v) is 11.4. The van der Waals surface area contributed by atoms with Gasteiger partial charge in [-0.25, -0.2) is 0 Å². The standard InChI is InChI=1S/C15H22N2O/c1-4-15(18)13-6-8-14(9-7-13)17(12(2)3)11-5-10-16/h6-9,12,15,18H,4-5,11H2,1-3H3/t15-/m1/s1. The highest BCUT2D eigenvalue weighted by atomic mass is 16.3. The summed E-state index contributed by atoms with van der Waals surface area (Å²) in [4.78, 5) is 2.20. The van der Waals surface area contributed by atoms with E-state index in [2.05, 4.69) is 24.8 Å². The molecular formula is C15H22N2O. The Hall–Kier alpha value is -1.53. The normalized spacial score (nSPS) is 12.2. The van der Waals surface area contributed by atoms with Crippen LogP contribution in [0.5, 0.6) is 0 Å². The summed E-state index contributed by atoms with van der Waals surface area (Å²) >= 11 is 0. The molecule has 0 spiro atoms. The molecule has 0 bridgehead atoms. The quantitative estimate of drug-likeness (QED) is 0.838. The SMILES string of the molecule is CC[C@@H](O)c1ccc(N(CCC#N)C(C)C)cc1. The highest BCUT2D eigenvalue weighted by molar-refractivity contribution is 5.48. The average Bonchev–Trinajstić information content (AvgIpc) is 2.38. The molecule has 0 fully saturated rings. The maximum Gasteiger partial charge on any atom is 0.0787 e. The molecule has 1 aromatic carbocycles. The third-order valence-electron chi connectivity index (χ3n) is 3.08. The average molecular weight is 246 g/mol. The Labute approximate surface area is 110 Å². The summed E-state index contributed by atoms with van der Waals surface area (Å²) < 4.78 is 0. The molecule has 0 aromatic heterocycles. The van der Waals surface area contributed by atoms with Crippen LogP contribution in [0.1, 0.15) is 45.3 Å². The van der Waals surface area contributed by atoms with Crippen molar-refractivity contribution in [3.8, 4) is 6.07 Å². The summed E-state index contributed by atoms with van der Waals surface area (Å²) in [6, 6.07) is 10.5. The summed E-state index contributed by atoms with van der Waals surface area (Å²) in [6.07, 6.45) is 0.866. The Morgan fingerprint density at radius 1 is 1.28 bits per heavy atom. The molecule has 0 heterocycles. The van der Waals surface area contributed by atoms with Gasteiger partial charge in [0.15, 0.2) is 0 Å². The van der Waals surface area contributed by atoms with Gasteiger partial charge in [0.25, 0.3) is 0 Å². The van der Waals surface area contributed by atoms with Crippen LogP contribution in [-0.2, 0) is 0 Å². The molecule has 0 radical (unpaired) electrons. The first kappa shape index (κ1) is 14.5. The van der Waals surface area contributed by atoms with Crippen LogP contribution in [0, 0.1) is 11.3 Å². The number of hydrogen-bond donors (Lipinski definition) is 1. The zero-order chi connectivity index (χ0) is 13.5. The van der Waals surface area contributed by atoms with E-state index < -0.39 is 0 Å². The molecule has 0 amide bonds. The first-order valence-corrected chi connectivity index (χ1v) is 6.51. The van der Waals surface area contributed by atoms with Gasteiger partial charge in [0.2, 0.25) is 0 Å². The van der Waals surface area contributed by atoms with Gasteiger partial charge in [0, 0.05) is 18.3 Å². The van der Waals surface area contributed by atoms with Crippen molar-refractivity contribution in [2.75, 3.05) is 11.4 Å². The van der Waals surface area contributed by atoms with Gasteiger partial charge in [-0.05, 0) is 38.0 Å². The fourth-order valence-electron chi connectivity index (χ4n) is 1.98. The van der Waals surface area contributed by atoms with E-state index in [4.69, 9.17) is 5.26 Å². The Morgan fingerprint density at radius 3 is 2.33 bits per heavy atom. The molecule has 0 saturated heterocycles. The molecule has 1 N–H and O–H groups in total. The minimum Gasteiger partial charge on any atom is -0.388 e. The van der Waals surface area contributed by atoms with Crippen molar-refractivity contribution in [3.63, 3.8) is 0 Å². The number of aliphatic hydroxyl groups excluding tert-OH is 1. The van der Waals surface area contributed by atoms with Gasteiger partial charge in [-0.15, -0.1) is 0 Å². The first-order valence-electron chi connectivity index (χ1n) is 6.51. The van der Waals surface area contributed by atoms with Gasteiger partial charge in [0.05, 0.1) is 18.6 Å². The van der Waals surface area contributed by atoms with Crippen LogP contribution < -0.4 is 4.90 Å². The highest BCUT2D eigenvalue weighted by Gasteiger charge is 2.11. The Bertz CT molecular complexity index is 392. The van der Waals surface area contributed by atoms with E-state index in [0.29, 0.717) is 12.5 Å². The Balaban J connectivity index is 2.84. The lowest BCUT2D eigenvalue weighted by Crippen LogP contribution is -2.31. The van der Waals surface area contributed by atoms with Crippen LogP contribution in [0.4, 0.5) is 5.69 Å². The summed E-state index contributed by atoms with van der Waals surface area (Å²) in [5, 5.41) is 18.4. The lowest BCUT2D eigenvalue weighted by Gasteiger charge is -2.28. The molecule has 3 nitrogen and oxygen atoms in total. The monoisotopic (exact) mass is 246 g/mol. The molecule has 0 aliphatic carbocycles. The number of anilines is 1. The number of rotatable bonds is 6. The van der Waals surface area contributed by atoms with Crippen LogP contribution in [0.25, 0.3) is 0 Å². The van der Waals surface area contributed by atoms with Gasteiger partial charge < -0.3 is 10.0 Å². The van der Waals surface area contributed by atoms with Crippen LogP contribution in [0.15, 0.2) is 24.3 Å².